The average molecular weight is 525 g/mol. The van der Waals surface area contributed by atoms with Crippen LogP contribution in [0.3, 0.4) is 0 Å². The molecule has 0 aliphatic carbocycles. The molecule has 1 saturated heterocycles. The number of aromatic amines is 1. The van der Waals surface area contributed by atoms with Gasteiger partial charge >= 0.3 is 0 Å². The minimum Gasteiger partial charge on any atom is -0.508 e. The van der Waals surface area contributed by atoms with Crippen LogP contribution < -0.4 is 9.64 Å². The molecule has 4 aromatic rings. The second kappa shape index (κ2) is 10.6. The predicted octanol–water partition coefficient (Wildman–Crippen LogP) is 5.56. The van der Waals surface area contributed by atoms with Gasteiger partial charge in [0.1, 0.15) is 17.3 Å². The summed E-state index contributed by atoms with van der Waals surface area (Å²) in [6, 6.07) is 20.1. The average Bonchev–Trinajstić information content (AvgIpc) is 3.32. The van der Waals surface area contributed by atoms with Gasteiger partial charge in [0.15, 0.2) is 0 Å². The van der Waals surface area contributed by atoms with Crippen molar-refractivity contribution in [3.8, 4) is 22.6 Å². The van der Waals surface area contributed by atoms with Gasteiger partial charge < -0.3 is 24.6 Å². The van der Waals surface area contributed by atoms with Gasteiger partial charge in [0.2, 0.25) is 5.91 Å². The number of aromatic nitrogens is 2. The number of aromatic hydroxyl groups is 1. The first-order chi connectivity index (χ1) is 18.9. The summed E-state index contributed by atoms with van der Waals surface area (Å²) in [5, 5.41) is 9.56. The highest BCUT2D eigenvalue weighted by atomic mass is 16.5. The van der Waals surface area contributed by atoms with Gasteiger partial charge in [-0.15, -0.1) is 0 Å². The van der Waals surface area contributed by atoms with Crippen LogP contribution in [0.2, 0.25) is 0 Å². The number of carbonyl (C=O) groups is 1. The van der Waals surface area contributed by atoms with Crippen LogP contribution >= 0.6 is 0 Å². The highest BCUT2D eigenvalue weighted by molar-refractivity contribution is 5.82. The molecule has 2 unspecified atom stereocenters. The first-order valence-corrected chi connectivity index (χ1v) is 14.0. The molecule has 0 bridgehead atoms. The van der Waals surface area contributed by atoms with Gasteiger partial charge in [-0.1, -0.05) is 19.1 Å². The molecule has 0 saturated carbocycles. The minimum absolute atomic E-state index is 0.245. The molecule has 0 radical (unpaired) electrons. The number of rotatable bonds is 4. The fraction of sp³-hybridized carbons (Fsp3) is 0.375. The number of H-pyrrole nitrogens is 1. The molecule has 1 amide bonds. The number of hydrogen-bond acceptors (Lipinski definition) is 5. The summed E-state index contributed by atoms with van der Waals surface area (Å²) in [6.07, 6.45) is 2.34. The maximum atomic E-state index is 13.3. The predicted molar refractivity (Wildman–Crippen MR) is 154 cm³/mol. The molecule has 2 aliphatic rings. The lowest BCUT2D eigenvalue weighted by Gasteiger charge is -2.37. The molecule has 202 valence electrons. The number of piperazine rings is 1. The van der Waals surface area contributed by atoms with Crippen LogP contribution in [0.5, 0.6) is 11.5 Å². The van der Waals surface area contributed by atoms with Gasteiger partial charge in [0.25, 0.3) is 0 Å². The number of aryl methyl sites for hydroxylation is 1. The molecule has 1 fully saturated rings. The van der Waals surface area contributed by atoms with E-state index >= 15 is 0 Å². The number of benzene rings is 3. The second-order valence-electron chi connectivity index (χ2n) is 11.0. The van der Waals surface area contributed by atoms with Crippen molar-refractivity contribution in [2.24, 2.45) is 11.8 Å². The smallest absolute Gasteiger partial charge is 0.222 e. The standard InChI is InChI=1S/C32H36N4O3/c1-21-17-26-18-24(25-3-9-29-30(19-25)34-22(2)33-29)4-10-31(26)39-16-11-23(21)20-32(38)36-14-12-35(13-15-36)27-5-7-28(37)8-6-27/h3-10,18-19,21,23,37H,11-17,20H2,1-2H3,(H,33,34). The van der Waals surface area contributed by atoms with E-state index in [1.807, 2.05) is 24.0 Å². The number of carbonyl (C=O) groups excluding carboxylic acids is 1. The quantitative estimate of drug-likeness (QED) is 0.365. The highest BCUT2D eigenvalue weighted by Gasteiger charge is 2.28. The first-order valence-electron chi connectivity index (χ1n) is 14.0. The van der Waals surface area contributed by atoms with Crippen molar-refractivity contribution in [2.45, 2.75) is 33.1 Å². The molecular weight excluding hydrogens is 488 g/mol. The number of phenols is 1. The second-order valence-corrected chi connectivity index (χ2v) is 11.0. The first kappa shape index (κ1) is 25.3. The Morgan fingerprint density at radius 3 is 2.56 bits per heavy atom. The van der Waals surface area contributed by atoms with Crippen LogP contribution in [0, 0.1) is 18.8 Å². The summed E-state index contributed by atoms with van der Waals surface area (Å²) in [7, 11) is 0. The molecule has 2 atom stereocenters. The number of amides is 1. The molecule has 1 aromatic heterocycles. The van der Waals surface area contributed by atoms with E-state index in [0.717, 1.165) is 72.9 Å². The van der Waals surface area contributed by atoms with Crippen molar-refractivity contribution in [1.82, 2.24) is 14.9 Å². The third-order valence-corrected chi connectivity index (χ3v) is 8.37. The monoisotopic (exact) mass is 524 g/mol. The van der Waals surface area contributed by atoms with Crippen molar-refractivity contribution in [2.75, 3.05) is 37.7 Å². The third-order valence-electron chi connectivity index (χ3n) is 8.37. The summed E-state index contributed by atoms with van der Waals surface area (Å²) >= 11 is 0. The molecule has 2 N–H and O–H groups in total. The SMILES string of the molecule is Cc1nc2ccc(-c3ccc4c(c3)CC(C)C(CC(=O)N3CCN(c5ccc(O)cc5)CC3)CCO4)cc2[nH]1. The number of anilines is 1. The van der Waals surface area contributed by atoms with Crippen LogP contribution in [0.4, 0.5) is 5.69 Å². The van der Waals surface area contributed by atoms with Gasteiger partial charge in [-0.2, -0.15) is 0 Å². The summed E-state index contributed by atoms with van der Waals surface area (Å²) in [5.41, 5.74) is 6.64. The van der Waals surface area contributed by atoms with Crippen LogP contribution in [0.15, 0.2) is 60.7 Å². The molecule has 2 aliphatic heterocycles. The zero-order valence-corrected chi connectivity index (χ0v) is 22.7. The Labute approximate surface area is 229 Å². The van der Waals surface area contributed by atoms with E-state index in [1.54, 1.807) is 12.1 Å². The van der Waals surface area contributed by atoms with Gasteiger partial charge in [-0.3, -0.25) is 4.79 Å². The van der Waals surface area contributed by atoms with E-state index in [4.69, 9.17) is 4.74 Å². The number of nitrogens with zero attached hydrogens (tertiary/aromatic N) is 3. The van der Waals surface area contributed by atoms with Crippen LogP contribution in [0.25, 0.3) is 22.2 Å². The van der Waals surface area contributed by atoms with Crippen LogP contribution in [-0.4, -0.2) is 58.7 Å². The summed E-state index contributed by atoms with van der Waals surface area (Å²) in [6.45, 7) is 7.94. The van der Waals surface area contributed by atoms with Gasteiger partial charge in [0.05, 0.1) is 17.6 Å². The van der Waals surface area contributed by atoms with E-state index in [0.29, 0.717) is 18.9 Å². The molecule has 39 heavy (non-hydrogen) atoms. The molecule has 6 rings (SSSR count). The summed E-state index contributed by atoms with van der Waals surface area (Å²) in [4.78, 5) is 25.5. The number of hydrogen-bond donors (Lipinski definition) is 2. The topological polar surface area (TPSA) is 81.7 Å². The van der Waals surface area contributed by atoms with Crippen molar-refractivity contribution in [3.05, 3.63) is 72.1 Å². The van der Waals surface area contributed by atoms with Crippen molar-refractivity contribution in [3.63, 3.8) is 0 Å². The lowest BCUT2D eigenvalue weighted by atomic mass is 9.82. The molecule has 7 heteroatoms. The van der Waals surface area contributed by atoms with Gasteiger partial charge in [-0.25, -0.2) is 4.98 Å². The number of nitrogens with one attached hydrogen (secondary N) is 1. The molecule has 0 spiro atoms. The van der Waals surface area contributed by atoms with Crippen molar-refractivity contribution < 1.29 is 14.6 Å². The maximum Gasteiger partial charge on any atom is 0.222 e. The summed E-state index contributed by atoms with van der Waals surface area (Å²) in [5.74, 6) is 3.06. The minimum atomic E-state index is 0.245. The van der Waals surface area contributed by atoms with Crippen LogP contribution in [0.1, 0.15) is 31.2 Å². The molecular formula is C32H36N4O3. The number of ether oxygens (including phenoxy) is 1. The number of fused-ring (bicyclic) bond motifs is 2. The fourth-order valence-electron chi connectivity index (χ4n) is 6.03. The Morgan fingerprint density at radius 2 is 1.77 bits per heavy atom. The normalized spacial score (nSPS) is 19.7. The van der Waals surface area contributed by atoms with Gasteiger partial charge in [-0.05, 0) is 96.8 Å². The zero-order valence-electron chi connectivity index (χ0n) is 22.7. The lowest BCUT2D eigenvalue weighted by molar-refractivity contribution is -0.133. The largest absolute Gasteiger partial charge is 0.508 e. The van der Waals surface area contributed by atoms with Crippen molar-refractivity contribution in [1.29, 1.82) is 0 Å². The zero-order chi connectivity index (χ0) is 26.9. The van der Waals surface area contributed by atoms with Gasteiger partial charge in [0, 0.05) is 38.3 Å². The Kier molecular flexibility index (Phi) is 6.90. The Hall–Kier alpha value is -4.00. The molecule has 3 aromatic carbocycles. The van der Waals surface area contributed by atoms with E-state index in [-0.39, 0.29) is 17.6 Å². The number of phenolic OH excluding ortho intramolecular Hbond substituents is 1. The fourth-order valence-corrected chi connectivity index (χ4v) is 6.03. The van der Waals surface area contributed by atoms with E-state index in [1.165, 1.54) is 11.1 Å². The lowest BCUT2D eigenvalue weighted by Crippen LogP contribution is -2.49. The Morgan fingerprint density at radius 1 is 1.03 bits per heavy atom. The van der Waals surface area contributed by atoms with Crippen LogP contribution in [-0.2, 0) is 11.2 Å². The third kappa shape index (κ3) is 5.44. The number of imidazole rings is 1. The molecule has 7 nitrogen and oxygen atoms in total. The van der Waals surface area contributed by atoms with E-state index in [9.17, 15) is 9.90 Å². The van der Waals surface area contributed by atoms with E-state index in [2.05, 4.69) is 58.2 Å². The highest BCUT2D eigenvalue weighted by Crippen LogP contribution is 2.35. The Balaban J connectivity index is 1.10. The Bertz CT molecular complexity index is 1470. The van der Waals surface area contributed by atoms with E-state index < -0.39 is 0 Å². The summed E-state index contributed by atoms with van der Waals surface area (Å²) < 4.78 is 6.20. The molecule has 3 heterocycles. The maximum absolute atomic E-state index is 13.3. The van der Waals surface area contributed by atoms with Crippen molar-refractivity contribution >= 4 is 22.6 Å².